The van der Waals surface area contributed by atoms with Gasteiger partial charge in [0.25, 0.3) is 11.1 Å². The Bertz CT molecular complexity index is 942. The van der Waals surface area contributed by atoms with Crippen LogP contribution in [0.5, 0.6) is 5.75 Å². The molecular formula is C21H19FN2O4S. The molecule has 0 aliphatic carbocycles. The Hall–Kier alpha value is -3.13. The molecule has 1 fully saturated rings. The highest BCUT2D eigenvalue weighted by Crippen LogP contribution is 2.32. The van der Waals surface area contributed by atoms with Crippen LogP contribution in [0.15, 0.2) is 53.4 Å². The van der Waals surface area contributed by atoms with E-state index in [1.165, 1.54) is 24.3 Å². The number of nitrogens with one attached hydrogen (secondary N) is 1. The highest BCUT2D eigenvalue weighted by Gasteiger charge is 2.34. The number of amides is 3. The summed E-state index contributed by atoms with van der Waals surface area (Å²) >= 11 is 0.868. The molecule has 2 aromatic rings. The van der Waals surface area contributed by atoms with Crippen molar-refractivity contribution in [1.29, 1.82) is 0 Å². The molecule has 8 heteroatoms. The number of carbonyl (C=O) groups is 3. The summed E-state index contributed by atoms with van der Waals surface area (Å²) in [5.74, 6) is -0.316. The Balaban J connectivity index is 1.52. The van der Waals surface area contributed by atoms with Gasteiger partial charge in [-0.2, -0.15) is 0 Å². The largest absolute Gasteiger partial charge is 0.497 e. The predicted octanol–water partition coefficient (Wildman–Crippen LogP) is 3.23. The second-order valence-corrected chi connectivity index (χ2v) is 7.25. The fraction of sp³-hybridized carbons (Fsp3) is 0.190. The summed E-state index contributed by atoms with van der Waals surface area (Å²) in [6, 6.07) is 12.8. The lowest BCUT2D eigenvalue weighted by Gasteiger charge is -2.13. The van der Waals surface area contributed by atoms with Crippen LogP contribution >= 0.6 is 11.8 Å². The van der Waals surface area contributed by atoms with E-state index >= 15 is 0 Å². The number of thioether (sulfide) groups is 1. The van der Waals surface area contributed by atoms with Gasteiger partial charge in [-0.15, -0.1) is 0 Å². The lowest BCUT2D eigenvalue weighted by atomic mass is 10.1. The Kier molecular flexibility index (Phi) is 6.66. The smallest absolute Gasteiger partial charge is 0.293 e. The minimum Gasteiger partial charge on any atom is -0.497 e. The third kappa shape index (κ3) is 5.45. The van der Waals surface area contributed by atoms with Crippen LogP contribution in [0.25, 0.3) is 6.08 Å². The van der Waals surface area contributed by atoms with Crippen molar-refractivity contribution < 1.29 is 23.5 Å². The Morgan fingerprint density at radius 1 is 1.14 bits per heavy atom. The maximum absolute atomic E-state index is 12.9. The molecule has 1 heterocycles. The van der Waals surface area contributed by atoms with Crippen LogP contribution < -0.4 is 10.1 Å². The molecule has 3 amide bonds. The molecule has 0 spiro atoms. The van der Waals surface area contributed by atoms with Gasteiger partial charge in [0.15, 0.2) is 0 Å². The number of rotatable bonds is 7. The summed E-state index contributed by atoms with van der Waals surface area (Å²) < 4.78 is 18.0. The van der Waals surface area contributed by atoms with Gasteiger partial charge < -0.3 is 10.1 Å². The van der Waals surface area contributed by atoms with Gasteiger partial charge in [0.05, 0.1) is 18.4 Å². The zero-order valence-corrected chi connectivity index (χ0v) is 16.5. The van der Waals surface area contributed by atoms with Crippen molar-refractivity contribution >= 4 is 34.9 Å². The molecule has 2 aromatic carbocycles. The zero-order valence-electron chi connectivity index (χ0n) is 15.7. The fourth-order valence-corrected chi connectivity index (χ4v) is 3.57. The van der Waals surface area contributed by atoms with Crippen molar-refractivity contribution in [3.05, 3.63) is 70.4 Å². The number of ether oxygens (including phenoxy) is 1. The van der Waals surface area contributed by atoms with Crippen LogP contribution in [0.2, 0.25) is 0 Å². The van der Waals surface area contributed by atoms with E-state index < -0.39 is 0 Å². The van der Waals surface area contributed by atoms with Gasteiger partial charge in [-0.3, -0.25) is 19.3 Å². The fourth-order valence-electron chi connectivity index (χ4n) is 2.70. The van der Waals surface area contributed by atoms with Crippen molar-refractivity contribution in [1.82, 2.24) is 10.2 Å². The summed E-state index contributed by atoms with van der Waals surface area (Å²) in [4.78, 5) is 38.0. The maximum atomic E-state index is 12.9. The molecule has 6 nitrogen and oxygen atoms in total. The summed E-state index contributed by atoms with van der Waals surface area (Å²) in [6.45, 7) is 0.230. The van der Waals surface area contributed by atoms with Crippen LogP contribution in [-0.4, -0.2) is 42.2 Å². The number of benzene rings is 2. The van der Waals surface area contributed by atoms with Crippen molar-refractivity contribution in [3.63, 3.8) is 0 Å². The molecule has 0 atom stereocenters. The van der Waals surface area contributed by atoms with E-state index in [-0.39, 0.29) is 42.4 Å². The first kappa shape index (κ1) is 20.6. The van der Waals surface area contributed by atoms with E-state index in [9.17, 15) is 18.8 Å². The second kappa shape index (κ2) is 9.38. The van der Waals surface area contributed by atoms with E-state index in [2.05, 4.69) is 5.32 Å². The molecule has 0 unspecified atom stereocenters. The van der Waals surface area contributed by atoms with Gasteiger partial charge in [0, 0.05) is 13.1 Å². The minimum atomic E-state index is -0.386. The average molecular weight is 414 g/mol. The standard InChI is InChI=1S/C21H19FN2O4S/c1-28-17-8-4-14(5-9-17)12-18-20(26)24(21(27)29-18)11-10-23-19(25)13-15-2-6-16(22)7-3-15/h2-9,12H,10-11,13H2,1H3,(H,23,25)/b18-12-. The van der Waals surface area contributed by atoms with Crippen molar-refractivity contribution in [2.24, 2.45) is 0 Å². The number of carbonyl (C=O) groups excluding carboxylic acids is 3. The Labute approximate surface area is 171 Å². The molecule has 0 saturated carbocycles. The van der Waals surface area contributed by atoms with Crippen LogP contribution in [0, 0.1) is 5.82 Å². The molecular weight excluding hydrogens is 395 g/mol. The number of methoxy groups -OCH3 is 1. The average Bonchev–Trinajstić information content (AvgIpc) is 2.97. The van der Waals surface area contributed by atoms with Crippen molar-refractivity contribution in [2.75, 3.05) is 20.2 Å². The molecule has 150 valence electrons. The Morgan fingerprint density at radius 3 is 2.48 bits per heavy atom. The van der Waals surface area contributed by atoms with Crippen LogP contribution in [0.1, 0.15) is 11.1 Å². The van der Waals surface area contributed by atoms with Crippen molar-refractivity contribution in [3.8, 4) is 5.75 Å². The zero-order chi connectivity index (χ0) is 20.8. The molecule has 1 aliphatic heterocycles. The first-order chi connectivity index (χ1) is 14.0. The van der Waals surface area contributed by atoms with Gasteiger partial charge >= 0.3 is 0 Å². The Morgan fingerprint density at radius 2 is 1.83 bits per heavy atom. The van der Waals surface area contributed by atoms with Crippen LogP contribution in [-0.2, 0) is 16.0 Å². The topological polar surface area (TPSA) is 75.7 Å². The molecule has 1 N–H and O–H groups in total. The SMILES string of the molecule is COc1ccc(/C=C2\SC(=O)N(CCNC(=O)Cc3ccc(F)cc3)C2=O)cc1. The molecule has 1 saturated heterocycles. The summed E-state index contributed by atoms with van der Waals surface area (Å²) in [7, 11) is 1.57. The summed E-state index contributed by atoms with van der Waals surface area (Å²) in [5, 5.41) is 2.30. The highest BCUT2D eigenvalue weighted by molar-refractivity contribution is 8.18. The van der Waals surface area contributed by atoms with E-state index in [0.717, 1.165) is 22.2 Å². The van der Waals surface area contributed by atoms with Gasteiger partial charge in [-0.25, -0.2) is 4.39 Å². The number of nitrogens with zero attached hydrogens (tertiary/aromatic N) is 1. The molecule has 3 rings (SSSR count). The van der Waals surface area contributed by atoms with Crippen LogP contribution in [0.3, 0.4) is 0 Å². The van der Waals surface area contributed by atoms with E-state index in [4.69, 9.17) is 4.74 Å². The lowest BCUT2D eigenvalue weighted by Crippen LogP contribution is -2.37. The van der Waals surface area contributed by atoms with Gasteiger partial charge in [0.2, 0.25) is 5.91 Å². The molecule has 0 bridgehead atoms. The third-order valence-corrected chi connectivity index (χ3v) is 5.13. The van der Waals surface area contributed by atoms with E-state index in [0.29, 0.717) is 16.2 Å². The number of hydrogen-bond donors (Lipinski definition) is 1. The molecule has 0 radical (unpaired) electrons. The first-order valence-electron chi connectivity index (χ1n) is 8.87. The molecule has 1 aliphatic rings. The van der Waals surface area contributed by atoms with Gasteiger partial charge in [-0.1, -0.05) is 24.3 Å². The lowest BCUT2D eigenvalue weighted by molar-refractivity contribution is -0.124. The van der Waals surface area contributed by atoms with Gasteiger partial charge in [0.1, 0.15) is 11.6 Å². The molecule has 29 heavy (non-hydrogen) atoms. The quantitative estimate of drug-likeness (QED) is 0.704. The van der Waals surface area contributed by atoms with Gasteiger partial charge in [-0.05, 0) is 53.2 Å². The summed E-state index contributed by atoms with van der Waals surface area (Å²) in [5.41, 5.74) is 1.46. The predicted molar refractivity (Wildman–Crippen MR) is 109 cm³/mol. The first-order valence-corrected chi connectivity index (χ1v) is 9.68. The normalized spacial score (nSPS) is 15.1. The number of hydrogen-bond acceptors (Lipinski definition) is 5. The van der Waals surface area contributed by atoms with E-state index in [1.54, 1.807) is 37.5 Å². The second-order valence-electron chi connectivity index (χ2n) is 6.26. The van der Waals surface area contributed by atoms with Crippen molar-refractivity contribution in [2.45, 2.75) is 6.42 Å². The monoisotopic (exact) mass is 414 g/mol. The third-order valence-electron chi connectivity index (χ3n) is 4.22. The number of imide groups is 1. The van der Waals surface area contributed by atoms with E-state index in [1.807, 2.05) is 0 Å². The minimum absolute atomic E-state index is 0.0831. The summed E-state index contributed by atoms with van der Waals surface area (Å²) in [6.07, 6.45) is 1.75. The number of halogens is 1. The molecule has 0 aromatic heterocycles. The highest BCUT2D eigenvalue weighted by atomic mass is 32.2. The van der Waals surface area contributed by atoms with Crippen LogP contribution in [0.4, 0.5) is 9.18 Å². The maximum Gasteiger partial charge on any atom is 0.293 e.